The second kappa shape index (κ2) is 5.74. The molecule has 1 N–H and O–H groups in total. The quantitative estimate of drug-likeness (QED) is 0.673. The van der Waals surface area contributed by atoms with Crippen molar-refractivity contribution in [2.75, 3.05) is 0 Å². The molecule has 1 nitrogen and oxygen atoms in total. The maximum Gasteiger partial charge on any atom is 0.0456 e. The second-order valence-electron chi connectivity index (χ2n) is 4.55. The van der Waals surface area contributed by atoms with Gasteiger partial charge in [-0.05, 0) is 30.4 Å². The Labute approximate surface area is 97.9 Å². The van der Waals surface area contributed by atoms with E-state index < -0.39 is 0 Å². The SMILES string of the molecule is CCCCCCCc1cc2ccccc2[nH]1. The first-order valence-corrected chi connectivity index (χ1v) is 6.47. The van der Waals surface area contributed by atoms with Gasteiger partial charge in [0.05, 0.1) is 0 Å². The Balaban J connectivity index is 1.85. The molecule has 0 spiro atoms. The van der Waals surface area contributed by atoms with Crippen molar-refractivity contribution in [2.24, 2.45) is 0 Å². The minimum atomic E-state index is 1.19. The lowest BCUT2D eigenvalue weighted by atomic mass is 10.1. The largest absolute Gasteiger partial charge is 0.358 e. The summed E-state index contributed by atoms with van der Waals surface area (Å²) in [5.41, 5.74) is 2.66. The van der Waals surface area contributed by atoms with Gasteiger partial charge >= 0.3 is 0 Å². The van der Waals surface area contributed by atoms with Crippen LogP contribution in [-0.4, -0.2) is 4.98 Å². The van der Waals surface area contributed by atoms with Crippen LogP contribution in [0.3, 0.4) is 0 Å². The Bertz CT molecular complexity index is 395. The normalized spacial score (nSPS) is 11.1. The molecule has 16 heavy (non-hydrogen) atoms. The average molecular weight is 215 g/mol. The predicted octanol–water partition coefficient (Wildman–Crippen LogP) is 4.68. The molecule has 0 radical (unpaired) electrons. The van der Waals surface area contributed by atoms with Crippen LogP contribution in [0.4, 0.5) is 0 Å². The van der Waals surface area contributed by atoms with Crippen LogP contribution in [0.25, 0.3) is 10.9 Å². The lowest BCUT2D eigenvalue weighted by Crippen LogP contribution is -1.85. The molecule has 0 bridgehead atoms. The summed E-state index contributed by atoms with van der Waals surface area (Å²) in [5.74, 6) is 0. The van der Waals surface area contributed by atoms with Crippen LogP contribution in [-0.2, 0) is 6.42 Å². The summed E-state index contributed by atoms with van der Waals surface area (Å²) < 4.78 is 0. The molecule has 0 atom stereocenters. The number of hydrogen-bond donors (Lipinski definition) is 1. The summed E-state index contributed by atoms with van der Waals surface area (Å²) in [6.45, 7) is 2.26. The molecule has 0 aliphatic rings. The van der Waals surface area contributed by atoms with Gasteiger partial charge in [0.25, 0.3) is 0 Å². The summed E-state index contributed by atoms with van der Waals surface area (Å²) in [4.78, 5) is 3.49. The van der Waals surface area contributed by atoms with Crippen molar-refractivity contribution in [3.8, 4) is 0 Å². The van der Waals surface area contributed by atoms with E-state index in [9.17, 15) is 0 Å². The monoisotopic (exact) mass is 215 g/mol. The number of fused-ring (bicyclic) bond motifs is 1. The standard InChI is InChI=1S/C15H21N/c1-2-3-4-5-6-10-14-12-13-9-7-8-11-15(13)16-14/h7-9,11-12,16H,2-6,10H2,1H3. The highest BCUT2D eigenvalue weighted by atomic mass is 14.7. The van der Waals surface area contributed by atoms with Crippen molar-refractivity contribution in [2.45, 2.75) is 45.4 Å². The van der Waals surface area contributed by atoms with E-state index >= 15 is 0 Å². The van der Waals surface area contributed by atoms with Gasteiger partial charge in [0.15, 0.2) is 0 Å². The van der Waals surface area contributed by atoms with Crippen molar-refractivity contribution in [3.05, 3.63) is 36.0 Å². The molecule has 0 fully saturated rings. The van der Waals surface area contributed by atoms with Crippen LogP contribution < -0.4 is 0 Å². The Morgan fingerprint density at radius 1 is 1.00 bits per heavy atom. The van der Waals surface area contributed by atoms with E-state index in [1.54, 1.807) is 0 Å². The first kappa shape index (κ1) is 11.3. The molecule has 0 saturated carbocycles. The van der Waals surface area contributed by atoms with Crippen molar-refractivity contribution in [3.63, 3.8) is 0 Å². The number of unbranched alkanes of at least 4 members (excludes halogenated alkanes) is 4. The minimum Gasteiger partial charge on any atom is -0.358 e. The highest BCUT2D eigenvalue weighted by Gasteiger charge is 1.99. The summed E-state index contributed by atoms with van der Waals surface area (Å²) in [7, 11) is 0. The van der Waals surface area contributed by atoms with E-state index in [2.05, 4.69) is 42.2 Å². The topological polar surface area (TPSA) is 15.8 Å². The molecular formula is C15H21N. The number of aromatic amines is 1. The smallest absolute Gasteiger partial charge is 0.0456 e. The van der Waals surface area contributed by atoms with Crippen LogP contribution >= 0.6 is 0 Å². The van der Waals surface area contributed by atoms with Crippen molar-refractivity contribution >= 4 is 10.9 Å². The van der Waals surface area contributed by atoms with Crippen LogP contribution in [0.5, 0.6) is 0 Å². The lowest BCUT2D eigenvalue weighted by Gasteiger charge is -1.98. The van der Waals surface area contributed by atoms with Gasteiger partial charge in [0.1, 0.15) is 0 Å². The molecule has 2 rings (SSSR count). The van der Waals surface area contributed by atoms with Gasteiger partial charge in [0.2, 0.25) is 0 Å². The summed E-state index contributed by atoms with van der Waals surface area (Å²) in [5, 5.41) is 1.34. The van der Waals surface area contributed by atoms with Crippen molar-refractivity contribution < 1.29 is 0 Å². The van der Waals surface area contributed by atoms with Gasteiger partial charge in [0, 0.05) is 11.2 Å². The van der Waals surface area contributed by atoms with Crippen molar-refractivity contribution in [1.29, 1.82) is 0 Å². The number of benzene rings is 1. The van der Waals surface area contributed by atoms with E-state index in [1.807, 2.05) is 0 Å². The fourth-order valence-electron chi connectivity index (χ4n) is 2.19. The molecule has 1 aromatic carbocycles. The minimum absolute atomic E-state index is 1.19. The Kier molecular flexibility index (Phi) is 4.03. The Hall–Kier alpha value is -1.24. The number of rotatable bonds is 6. The molecule has 86 valence electrons. The maximum atomic E-state index is 3.49. The van der Waals surface area contributed by atoms with Gasteiger partial charge in [-0.1, -0.05) is 50.8 Å². The van der Waals surface area contributed by atoms with Crippen LogP contribution in [0.15, 0.2) is 30.3 Å². The number of aryl methyl sites for hydroxylation is 1. The van der Waals surface area contributed by atoms with Gasteiger partial charge in [-0.25, -0.2) is 0 Å². The lowest BCUT2D eigenvalue weighted by molar-refractivity contribution is 0.629. The van der Waals surface area contributed by atoms with Crippen LogP contribution in [0.1, 0.15) is 44.7 Å². The predicted molar refractivity (Wildman–Crippen MR) is 70.8 cm³/mol. The molecule has 0 aliphatic heterocycles. The van der Waals surface area contributed by atoms with Gasteiger partial charge in [-0.3, -0.25) is 0 Å². The molecule has 0 unspecified atom stereocenters. The third kappa shape index (κ3) is 2.88. The van der Waals surface area contributed by atoms with Gasteiger partial charge < -0.3 is 4.98 Å². The summed E-state index contributed by atoms with van der Waals surface area (Å²) >= 11 is 0. The summed E-state index contributed by atoms with van der Waals surface area (Å²) in [6.07, 6.45) is 7.96. The number of H-pyrrole nitrogens is 1. The fraction of sp³-hybridized carbons (Fsp3) is 0.467. The van der Waals surface area contributed by atoms with E-state index in [1.165, 1.54) is 55.1 Å². The number of para-hydroxylation sites is 1. The Morgan fingerprint density at radius 3 is 2.62 bits per heavy atom. The zero-order valence-electron chi connectivity index (χ0n) is 10.1. The van der Waals surface area contributed by atoms with Crippen LogP contribution in [0.2, 0.25) is 0 Å². The Morgan fingerprint density at radius 2 is 1.81 bits per heavy atom. The van der Waals surface area contributed by atoms with Crippen LogP contribution in [0, 0.1) is 0 Å². The third-order valence-corrected chi connectivity index (χ3v) is 3.14. The van der Waals surface area contributed by atoms with Gasteiger partial charge in [-0.2, -0.15) is 0 Å². The van der Waals surface area contributed by atoms with E-state index in [-0.39, 0.29) is 0 Å². The molecule has 0 aliphatic carbocycles. The molecular weight excluding hydrogens is 194 g/mol. The summed E-state index contributed by atoms with van der Waals surface area (Å²) in [6, 6.07) is 10.8. The number of hydrogen-bond acceptors (Lipinski definition) is 0. The number of nitrogens with one attached hydrogen (secondary N) is 1. The number of aromatic nitrogens is 1. The third-order valence-electron chi connectivity index (χ3n) is 3.14. The molecule has 0 saturated heterocycles. The maximum absolute atomic E-state index is 3.49. The van der Waals surface area contributed by atoms with E-state index in [4.69, 9.17) is 0 Å². The second-order valence-corrected chi connectivity index (χ2v) is 4.55. The molecule has 2 aromatic rings. The van der Waals surface area contributed by atoms with E-state index in [0.29, 0.717) is 0 Å². The average Bonchev–Trinajstić information content (AvgIpc) is 2.71. The zero-order chi connectivity index (χ0) is 11.2. The highest BCUT2D eigenvalue weighted by molar-refractivity contribution is 5.80. The molecule has 1 heterocycles. The van der Waals surface area contributed by atoms with E-state index in [0.717, 1.165) is 0 Å². The highest BCUT2D eigenvalue weighted by Crippen LogP contribution is 2.16. The first-order valence-electron chi connectivity index (χ1n) is 6.47. The first-order chi connectivity index (χ1) is 7.90. The molecule has 1 heteroatoms. The van der Waals surface area contributed by atoms with Gasteiger partial charge in [-0.15, -0.1) is 0 Å². The fourth-order valence-corrected chi connectivity index (χ4v) is 2.19. The molecule has 1 aromatic heterocycles. The zero-order valence-corrected chi connectivity index (χ0v) is 10.1. The molecule has 0 amide bonds. The van der Waals surface area contributed by atoms with Crippen molar-refractivity contribution in [1.82, 2.24) is 4.98 Å².